The van der Waals surface area contributed by atoms with Gasteiger partial charge in [0.15, 0.2) is 5.65 Å². The van der Waals surface area contributed by atoms with Crippen LogP contribution in [-0.4, -0.2) is 25.6 Å². The van der Waals surface area contributed by atoms with Gasteiger partial charge in [-0.05, 0) is 6.07 Å². The predicted molar refractivity (Wildman–Crippen MR) is 65.7 cm³/mol. The number of rotatable bonds is 3. The van der Waals surface area contributed by atoms with E-state index in [1.807, 2.05) is 0 Å². The van der Waals surface area contributed by atoms with E-state index in [9.17, 15) is 9.59 Å². The number of aliphatic carboxylic acids is 1. The van der Waals surface area contributed by atoms with Gasteiger partial charge in [-0.15, -0.1) is 0 Å². The van der Waals surface area contributed by atoms with Crippen molar-refractivity contribution in [1.29, 1.82) is 0 Å². The van der Waals surface area contributed by atoms with E-state index in [2.05, 4.69) is 9.97 Å². The van der Waals surface area contributed by atoms with E-state index in [4.69, 9.17) is 16.7 Å². The number of halogens is 1. The summed E-state index contributed by atoms with van der Waals surface area (Å²) in [7, 11) is 1.57. The van der Waals surface area contributed by atoms with Gasteiger partial charge in [-0.2, -0.15) is 0 Å². The maximum Gasteiger partial charge on any atom is 0.303 e. The second kappa shape index (κ2) is 4.73. The monoisotopic (exact) mass is 267 g/mol. The van der Waals surface area contributed by atoms with Crippen LogP contribution in [0.5, 0.6) is 0 Å². The van der Waals surface area contributed by atoms with Gasteiger partial charge >= 0.3 is 5.97 Å². The number of carboxylic acid groups (broad SMARTS) is 1. The van der Waals surface area contributed by atoms with Gasteiger partial charge in [-0.25, -0.2) is 9.97 Å². The molecule has 94 valence electrons. The highest BCUT2D eigenvalue weighted by atomic mass is 35.5. The molecule has 0 amide bonds. The predicted octanol–water partition coefficient (Wildman–Crippen LogP) is 0.999. The minimum absolute atomic E-state index is 0.0878. The van der Waals surface area contributed by atoms with Gasteiger partial charge < -0.3 is 5.11 Å². The minimum Gasteiger partial charge on any atom is -0.481 e. The first-order valence-corrected chi connectivity index (χ1v) is 5.60. The molecule has 0 radical (unpaired) electrons. The normalized spacial score (nSPS) is 10.8. The van der Waals surface area contributed by atoms with Gasteiger partial charge in [0.1, 0.15) is 11.2 Å². The van der Waals surface area contributed by atoms with Crippen LogP contribution in [0, 0.1) is 0 Å². The molecule has 1 N–H and O–H groups in total. The lowest BCUT2D eigenvalue weighted by Crippen LogP contribution is -2.24. The lowest BCUT2D eigenvalue weighted by molar-refractivity contribution is -0.136. The molecule has 0 saturated carbocycles. The number of hydrogen-bond acceptors (Lipinski definition) is 4. The maximum absolute atomic E-state index is 11.9. The molecule has 2 rings (SSSR count). The lowest BCUT2D eigenvalue weighted by Gasteiger charge is -2.06. The summed E-state index contributed by atoms with van der Waals surface area (Å²) in [5, 5.41) is 9.04. The van der Waals surface area contributed by atoms with E-state index in [1.165, 1.54) is 10.8 Å². The SMILES string of the molecule is Cn1c(=O)c(CCC(=O)O)nc2cc(Cl)cnc21. The van der Waals surface area contributed by atoms with Gasteiger partial charge in [0.2, 0.25) is 0 Å². The largest absolute Gasteiger partial charge is 0.481 e. The van der Waals surface area contributed by atoms with Crippen molar-refractivity contribution in [2.75, 3.05) is 0 Å². The second-order valence-corrected chi connectivity index (χ2v) is 4.25. The number of aryl methyl sites for hydroxylation is 2. The minimum atomic E-state index is -0.969. The van der Waals surface area contributed by atoms with Crippen molar-refractivity contribution in [3.05, 3.63) is 33.3 Å². The first kappa shape index (κ1) is 12.5. The summed E-state index contributed by atoms with van der Waals surface area (Å²) in [4.78, 5) is 30.6. The fourth-order valence-corrected chi connectivity index (χ4v) is 1.79. The molecule has 2 aromatic rings. The summed E-state index contributed by atoms with van der Waals surface area (Å²) >= 11 is 5.81. The third-order valence-corrected chi connectivity index (χ3v) is 2.72. The smallest absolute Gasteiger partial charge is 0.303 e. The summed E-state index contributed by atoms with van der Waals surface area (Å²) in [5.74, 6) is -0.969. The Labute approximate surface area is 107 Å². The number of carboxylic acids is 1. The van der Waals surface area contributed by atoms with Crippen LogP contribution >= 0.6 is 11.6 Å². The fourth-order valence-electron chi connectivity index (χ4n) is 1.63. The average Bonchev–Trinajstić information content (AvgIpc) is 2.31. The Morgan fingerprint density at radius 1 is 1.56 bits per heavy atom. The van der Waals surface area contributed by atoms with Crippen LogP contribution in [0.1, 0.15) is 12.1 Å². The molecule has 0 atom stereocenters. The van der Waals surface area contributed by atoms with Gasteiger partial charge in [-0.1, -0.05) is 11.6 Å². The number of nitrogens with zero attached hydrogens (tertiary/aromatic N) is 3. The fraction of sp³-hybridized carbons (Fsp3) is 0.273. The number of carbonyl (C=O) groups is 1. The standard InChI is InChI=1S/C11H10ClN3O3/c1-15-10-8(4-6(12)5-13-10)14-7(11(15)18)2-3-9(16)17/h4-5H,2-3H2,1H3,(H,16,17). The number of hydrogen-bond donors (Lipinski definition) is 1. The van der Waals surface area contributed by atoms with E-state index >= 15 is 0 Å². The van der Waals surface area contributed by atoms with Crippen LogP contribution in [0.4, 0.5) is 0 Å². The first-order valence-electron chi connectivity index (χ1n) is 5.22. The second-order valence-electron chi connectivity index (χ2n) is 3.81. The number of aromatic nitrogens is 3. The van der Waals surface area contributed by atoms with Gasteiger partial charge in [0.05, 0.1) is 11.4 Å². The summed E-state index contributed by atoms with van der Waals surface area (Å²) < 4.78 is 1.34. The summed E-state index contributed by atoms with van der Waals surface area (Å²) in [6.45, 7) is 0. The van der Waals surface area contributed by atoms with E-state index < -0.39 is 5.97 Å². The zero-order valence-corrected chi connectivity index (χ0v) is 10.3. The molecule has 0 aromatic carbocycles. The average molecular weight is 268 g/mol. The molecule has 6 nitrogen and oxygen atoms in total. The summed E-state index contributed by atoms with van der Waals surface area (Å²) in [5.41, 5.74) is 0.767. The molecule has 0 bridgehead atoms. The zero-order chi connectivity index (χ0) is 13.3. The molecule has 7 heteroatoms. The van der Waals surface area contributed by atoms with Crippen LogP contribution in [0.2, 0.25) is 5.02 Å². The molecular weight excluding hydrogens is 258 g/mol. The first-order chi connectivity index (χ1) is 8.49. The topological polar surface area (TPSA) is 85.1 Å². The highest BCUT2D eigenvalue weighted by Crippen LogP contribution is 2.13. The summed E-state index contributed by atoms with van der Waals surface area (Å²) in [6, 6.07) is 1.59. The van der Waals surface area contributed by atoms with Crippen molar-refractivity contribution in [2.24, 2.45) is 7.05 Å². The number of pyridine rings is 1. The molecule has 0 aliphatic carbocycles. The Kier molecular flexibility index (Phi) is 3.29. The molecule has 0 saturated heterocycles. The van der Waals surface area contributed by atoms with Crippen molar-refractivity contribution in [3.63, 3.8) is 0 Å². The van der Waals surface area contributed by atoms with Crippen molar-refractivity contribution in [3.8, 4) is 0 Å². The molecular formula is C11H10ClN3O3. The van der Waals surface area contributed by atoms with Gasteiger partial charge in [0, 0.05) is 19.7 Å². The van der Waals surface area contributed by atoms with E-state index in [-0.39, 0.29) is 24.1 Å². The molecule has 0 spiro atoms. The third kappa shape index (κ3) is 2.33. The Morgan fingerprint density at radius 2 is 2.28 bits per heavy atom. The molecule has 18 heavy (non-hydrogen) atoms. The van der Waals surface area contributed by atoms with Crippen molar-refractivity contribution in [2.45, 2.75) is 12.8 Å². The van der Waals surface area contributed by atoms with Crippen LogP contribution in [0.15, 0.2) is 17.1 Å². The summed E-state index contributed by atoms with van der Waals surface area (Å²) in [6.07, 6.45) is 1.38. The molecule has 0 fully saturated rings. The Morgan fingerprint density at radius 3 is 2.94 bits per heavy atom. The zero-order valence-electron chi connectivity index (χ0n) is 9.55. The van der Waals surface area contributed by atoms with Crippen LogP contribution in [0.25, 0.3) is 11.2 Å². The van der Waals surface area contributed by atoms with Gasteiger partial charge in [-0.3, -0.25) is 14.2 Å². The molecule has 0 unspecified atom stereocenters. The third-order valence-electron chi connectivity index (χ3n) is 2.51. The van der Waals surface area contributed by atoms with E-state index in [1.54, 1.807) is 13.1 Å². The van der Waals surface area contributed by atoms with Crippen LogP contribution in [0.3, 0.4) is 0 Å². The highest BCUT2D eigenvalue weighted by molar-refractivity contribution is 6.30. The van der Waals surface area contributed by atoms with Crippen molar-refractivity contribution < 1.29 is 9.90 Å². The Bertz CT molecular complexity index is 681. The van der Waals surface area contributed by atoms with Crippen molar-refractivity contribution >= 4 is 28.7 Å². The Balaban J connectivity index is 2.58. The Hall–Kier alpha value is -1.95. The quantitative estimate of drug-likeness (QED) is 0.897. The molecule has 0 aliphatic rings. The molecule has 2 aromatic heterocycles. The lowest BCUT2D eigenvalue weighted by atomic mass is 10.2. The number of fused-ring (bicyclic) bond motifs is 1. The van der Waals surface area contributed by atoms with E-state index in [0.717, 1.165) is 0 Å². The molecule has 2 heterocycles. The van der Waals surface area contributed by atoms with Crippen LogP contribution in [-0.2, 0) is 18.3 Å². The van der Waals surface area contributed by atoms with Crippen LogP contribution < -0.4 is 5.56 Å². The maximum atomic E-state index is 11.9. The van der Waals surface area contributed by atoms with Gasteiger partial charge in [0.25, 0.3) is 5.56 Å². The van der Waals surface area contributed by atoms with E-state index in [0.29, 0.717) is 16.2 Å². The molecule has 0 aliphatic heterocycles. The van der Waals surface area contributed by atoms with Crippen molar-refractivity contribution in [1.82, 2.24) is 14.5 Å². The highest BCUT2D eigenvalue weighted by Gasteiger charge is 2.11.